The zero-order chi connectivity index (χ0) is 17.8. The van der Waals surface area contributed by atoms with Gasteiger partial charge in [0.25, 0.3) is 5.91 Å². The molecule has 0 bridgehead atoms. The zero-order valence-corrected chi connectivity index (χ0v) is 13.4. The molecule has 0 radical (unpaired) electrons. The SMILES string of the molecule is COc1ccc2oc(C(=O)NC(Cc3cccnc3)C(=O)O)cc2c1. The Kier molecular flexibility index (Phi) is 4.65. The van der Waals surface area contributed by atoms with Crippen molar-refractivity contribution in [3.63, 3.8) is 0 Å². The van der Waals surface area contributed by atoms with E-state index < -0.39 is 17.9 Å². The van der Waals surface area contributed by atoms with Crippen LogP contribution in [0.2, 0.25) is 0 Å². The predicted octanol–water partition coefficient (Wildman–Crippen LogP) is 2.26. The predicted molar refractivity (Wildman–Crippen MR) is 89.6 cm³/mol. The number of benzene rings is 1. The number of carboxylic acid groups (broad SMARTS) is 1. The van der Waals surface area contributed by atoms with Gasteiger partial charge >= 0.3 is 5.97 Å². The van der Waals surface area contributed by atoms with E-state index in [9.17, 15) is 14.7 Å². The van der Waals surface area contributed by atoms with Crippen molar-refractivity contribution >= 4 is 22.8 Å². The number of aromatic nitrogens is 1. The molecule has 2 heterocycles. The average molecular weight is 340 g/mol. The van der Waals surface area contributed by atoms with Gasteiger partial charge in [-0.2, -0.15) is 0 Å². The topological polar surface area (TPSA) is 102 Å². The molecular weight excluding hydrogens is 324 g/mol. The van der Waals surface area contributed by atoms with Gasteiger partial charge in [0.2, 0.25) is 0 Å². The Morgan fingerprint density at radius 3 is 2.84 bits per heavy atom. The second-order valence-corrected chi connectivity index (χ2v) is 5.44. The van der Waals surface area contributed by atoms with Crippen LogP contribution in [0.25, 0.3) is 11.0 Å². The smallest absolute Gasteiger partial charge is 0.326 e. The van der Waals surface area contributed by atoms with E-state index >= 15 is 0 Å². The third kappa shape index (κ3) is 3.77. The first-order chi connectivity index (χ1) is 12.1. The number of pyridine rings is 1. The van der Waals surface area contributed by atoms with E-state index in [2.05, 4.69) is 10.3 Å². The average Bonchev–Trinajstić information content (AvgIpc) is 3.05. The molecule has 2 aromatic heterocycles. The number of carbonyl (C=O) groups excluding carboxylic acids is 1. The minimum Gasteiger partial charge on any atom is -0.497 e. The number of carboxylic acids is 1. The summed E-state index contributed by atoms with van der Waals surface area (Å²) < 4.78 is 10.6. The van der Waals surface area contributed by atoms with Crippen LogP contribution in [0.4, 0.5) is 0 Å². The van der Waals surface area contributed by atoms with Crippen LogP contribution in [-0.4, -0.2) is 35.1 Å². The van der Waals surface area contributed by atoms with Crippen LogP contribution in [-0.2, 0) is 11.2 Å². The number of fused-ring (bicyclic) bond motifs is 1. The quantitative estimate of drug-likeness (QED) is 0.714. The molecule has 3 aromatic rings. The van der Waals surface area contributed by atoms with Gasteiger partial charge in [0.15, 0.2) is 5.76 Å². The fourth-order valence-corrected chi connectivity index (χ4v) is 2.44. The van der Waals surface area contributed by atoms with Crippen LogP contribution < -0.4 is 10.1 Å². The highest BCUT2D eigenvalue weighted by Crippen LogP contribution is 2.24. The van der Waals surface area contributed by atoms with Crippen molar-refractivity contribution in [1.29, 1.82) is 0 Å². The molecule has 1 unspecified atom stereocenters. The number of hydrogen-bond acceptors (Lipinski definition) is 5. The van der Waals surface area contributed by atoms with Gasteiger partial charge in [0.1, 0.15) is 17.4 Å². The van der Waals surface area contributed by atoms with Gasteiger partial charge < -0.3 is 19.6 Å². The molecule has 2 N–H and O–H groups in total. The van der Waals surface area contributed by atoms with Crippen molar-refractivity contribution < 1.29 is 23.8 Å². The van der Waals surface area contributed by atoms with Crippen LogP contribution in [0.3, 0.4) is 0 Å². The molecule has 0 aliphatic heterocycles. The molecule has 1 aromatic carbocycles. The molecular formula is C18H16N2O5. The van der Waals surface area contributed by atoms with Gasteiger partial charge in [-0.15, -0.1) is 0 Å². The molecule has 0 spiro atoms. The van der Waals surface area contributed by atoms with E-state index in [1.165, 1.54) is 0 Å². The lowest BCUT2D eigenvalue weighted by Gasteiger charge is -2.13. The lowest BCUT2D eigenvalue weighted by molar-refractivity contribution is -0.139. The third-order valence-electron chi connectivity index (χ3n) is 3.71. The van der Waals surface area contributed by atoms with Crippen molar-refractivity contribution in [1.82, 2.24) is 10.3 Å². The maximum absolute atomic E-state index is 12.4. The Balaban J connectivity index is 1.78. The number of furan rings is 1. The highest BCUT2D eigenvalue weighted by atomic mass is 16.5. The highest BCUT2D eigenvalue weighted by molar-refractivity contribution is 5.98. The van der Waals surface area contributed by atoms with Gasteiger partial charge in [-0.1, -0.05) is 6.07 Å². The standard InChI is InChI=1S/C18H16N2O5/c1-24-13-4-5-15-12(8-13)9-16(25-15)17(21)20-14(18(22)23)7-11-3-2-6-19-10-11/h2-6,8-10,14H,7H2,1H3,(H,20,21)(H,22,23). The Morgan fingerprint density at radius 1 is 1.32 bits per heavy atom. The Bertz CT molecular complexity index is 904. The summed E-state index contributed by atoms with van der Waals surface area (Å²) in [7, 11) is 1.55. The number of hydrogen-bond donors (Lipinski definition) is 2. The first-order valence-corrected chi connectivity index (χ1v) is 7.57. The minimum absolute atomic E-state index is 0.0423. The van der Waals surface area contributed by atoms with E-state index in [4.69, 9.17) is 9.15 Å². The summed E-state index contributed by atoms with van der Waals surface area (Å²) in [5.74, 6) is -1.04. The molecule has 0 saturated heterocycles. The van der Waals surface area contributed by atoms with Crippen LogP contribution >= 0.6 is 0 Å². The summed E-state index contributed by atoms with van der Waals surface area (Å²) in [5, 5.41) is 12.5. The van der Waals surface area contributed by atoms with E-state index in [0.717, 1.165) is 0 Å². The first kappa shape index (κ1) is 16.5. The number of methoxy groups -OCH3 is 1. The molecule has 0 saturated carbocycles. The molecule has 0 aliphatic rings. The summed E-state index contributed by atoms with van der Waals surface area (Å²) in [6.45, 7) is 0. The van der Waals surface area contributed by atoms with Gasteiger partial charge in [-0.3, -0.25) is 9.78 Å². The summed E-state index contributed by atoms with van der Waals surface area (Å²) in [4.78, 5) is 27.7. The molecule has 7 heteroatoms. The molecule has 1 atom stereocenters. The maximum Gasteiger partial charge on any atom is 0.326 e. The van der Waals surface area contributed by atoms with Crippen molar-refractivity contribution in [2.24, 2.45) is 0 Å². The number of ether oxygens (including phenoxy) is 1. The van der Waals surface area contributed by atoms with Crippen molar-refractivity contribution in [3.8, 4) is 5.75 Å². The van der Waals surface area contributed by atoms with Crippen LogP contribution in [0.15, 0.2) is 53.2 Å². The molecule has 7 nitrogen and oxygen atoms in total. The van der Waals surface area contributed by atoms with Crippen LogP contribution in [0.1, 0.15) is 16.1 Å². The van der Waals surface area contributed by atoms with Crippen molar-refractivity contribution in [3.05, 3.63) is 60.1 Å². The van der Waals surface area contributed by atoms with Gasteiger partial charge in [-0.05, 0) is 35.9 Å². The number of nitrogens with one attached hydrogen (secondary N) is 1. The lowest BCUT2D eigenvalue weighted by atomic mass is 10.1. The van der Waals surface area contributed by atoms with Gasteiger partial charge in [-0.25, -0.2) is 4.79 Å². The molecule has 1 amide bonds. The number of amides is 1. The van der Waals surface area contributed by atoms with Crippen LogP contribution in [0, 0.1) is 0 Å². The molecule has 0 fully saturated rings. The lowest BCUT2D eigenvalue weighted by Crippen LogP contribution is -2.42. The molecule has 25 heavy (non-hydrogen) atoms. The van der Waals surface area contributed by atoms with Crippen LogP contribution in [0.5, 0.6) is 5.75 Å². The normalized spacial score (nSPS) is 11.9. The van der Waals surface area contributed by atoms with E-state index in [0.29, 0.717) is 22.3 Å². The molecule has 128 valence electrons. The number of carbonyl (C=O) groups is 2. The second-order valence-electron chi connectivity index (χ2n) is 5.44. The summed E-state index contributed by atoms with van der Waals surface area (Å²) >= 11 is 0. The summed E-state index contributed by atoms with van der Waals surface area (Å²) in [6, 6.07) is 9.08. The number of aliphatic carboxylic acids is 1. The Hall–Kier alpha value is -3.35. The monoisotopic (exact) mass is 340 g/mol. The van der Waals surface area contributed by atoms with Gasteiger partial charge in [0.05, 0.1) is 7.11 Å². The summed E-state index contributed by atoms with van der Waals surface area (Å²) in [5.41, 5.74) is 1.23. The van der Waals surface area contributed by atoms with Crippen molar-refractivity contribution in [2.45, 2.75) is 12.5 Å². The fraction of sp³-hybridized carbons (Fsp3) is 0.167. The Labute approximate surface area is 143 Å². The van der Waals surface area contributed by atoms with Gasteiger partial charge in [0, 0.05) is 24.2 Å². The molecule has 3 rings (SSSR count). The summed E-state index contributed by atoms with van der Waals surface area (Å²) in [6.07, 6.45) is 3.29. The number of rotatable bonds is 6. The number of nitrogens with zero attached hydrogens (tertiary/aromatic N) is 1. The highest BCUT2D eigenvalue weighted by Gasteiger charge is 2.23. The minimum atomic E-state index is -1.13. The maximum atomic E-state index is 12.4. The first-order valence-electron chi connectivity index (χ1n) is 7.57. The zero-order valence-electron chi connectivity index (χ0n) is 13.4. The Morgan fingerprint density at radius 2 is 2.16 bits per heavy atom. The second kappa shape index (κ2) is 7.04. The van der Waals surface area contributed by atoms with Crippen molar-refractivity contribution in [2.75, 3.05) is 7.11 Å². The van der Waals surface area contributed by atoms with E-state index in [1.54, 1.807) is 55.9 Å². The fourth-order valence-electron chi connectivity index (χ4n) is 2.44. The molecule has 0 aliphatic carbocycles. The van der Waals surface area contributed by atoms with E-state index in [1.807, 2.05) is 0 Å². The largest absolute Gasteiger partial charge is 0.497 e. The third-order valence-corrected chi connectivity index (χ3v) is 3.71. The van der Waals surface area contributed by atoms with E-state index in [-0.39, 0.29) is 12.2 Å².